The van der Waals surface area contributed by atoms with Crippen molar-refractivity contribution in [3.8, 4) is 0 Å². The molecule has 0 spiro atoms. The quantitative estimate of drug-likeness (QED) is 0.413. The van der Waals surface area contributed by atoms with Crippen LogP contribution in [0.1, 0.15) is 45.4 Å². The van der Waals surface area contributed by atoms with Gasteiger partial charge < -0.3 is 18.8 Å². The molecule has 1 saturated carbocycles. The van der Waals surface area contributed by atoms with E-state index in [9.17, 15) is 0 Å². The maximum absolute atomic E-state index is 2.44. The van der Waals surface area contributed by atoms with Gasteiger partial charge in [0.1, 0.15) is 0 Å². The summed E-state index contributed by atoms with van der Waals surface area (Å²) in [5.74, 6) is 1.07. The van der Waals surface area contributed by atoms with Crippen LogP contribution in [0.4, 0.5) is 0 Å². The average molecular weight is 185 g/mol. The summed E-state index contributed by atoms with van der Waals surface area (Å²) in [5, 5.41) is 0. The van der Waals surface area contributed by atoms with Gasteiger partial charge in [-0.1, -0.05) is 32.6 Å². The van der Waals surface area contributed by atoms with Crippen molar-refractivity contribution in [1.82, 2.24) is 0 Å². The molecule has 0 unspecified atom stereocenters. The molecule has 0 saturated heterocycles. The third kappa shape index (κ3) is 6.24. The number of hydrogen-bond acceptors (Lipinski definition) is 0. The Balaban J connectivity index is 0. The fourth-order valence-corrected chi connectivity index (χ4v) is 1.69. The predicted octanol–water partition coefficient (Wildman–Crippen LogP) is -0.196. The number of rotatable bonds is 2. The number of hydrogen-bond donors (Lipinski definition) is 0. The molecule has 62 valence electrons. The summed E-state index contributed by atoms with van der Waals surface area (Å²) < 4.78 is 0. The van der Waals surface area contributed by atoms with E-state index in [0.717, 1.165) is 5.92 Å². The van der Waals surface area contributed by atoms with Crippen LogP contribution in [0.3, 0.4) is 0 Å². The van der Waals surface area contributed by atoms with Gasteiger partial charge in [-0.2, -0.15) is 12.8 Å². The predicted molar refractivity (Wildman–Crippen MR) is 46.9 cm³/mol. The Kier molecular flexibility index (Phi) is 12.1. The molecule has 0 aromatic rings. The molecule has 1 aliphatic carbocycles. The summed E-state index contributed by atoms with van der Waals surface area (Å²) in [5.41, 5.74) is 0. The maximum atomic E-state index is 2.44. The summed E-state index contributed by atoms with van der Waals surface area (Å²) in [7, 11) is 0. The van der Waals surface area contributed by atoms with Gasteiger partial charge in [-0.05, 0) is 5.92 Å². The van der Waals surface area contributed by atoms with Gasteiger partial charge in [0.25, 0.3) is 0 Å². The summed E-state index contributed by atoms with van der Waals surface area (Å²) in [6.07, 6.45) is 11.0. The first-order valence-electron chi connectivity index (χ1n) is 4.25. The molecule has 0 aliphatic heterocycles. The van der Waals surface area contributed by atoms with Crippen LogP contribution in [-0.2, 0) is 0 Å². The minimum Gasteiger partial charge on any atom is -1.00 e. The zero-order chi connectivity index (χ0) is 6.53. The molecular formula is C9H17ClMg. The summed E-state index contributed by atoms with van der Waals surface area (Å²) in [4.78, 5) is 0. The van der Waals surface area contributed by atoms with E-state index in [-0.39, 0.29) is 35.5 Å². The first-order valence-corrected chi connectivity index (χ1v) is 4.25. The molecule has 0 amide bonds. The molecule has 11 heavy (non-hydrogen) atoms. The molecule has 0 N–H and O–H groups in total. The Morgan fingerprint density at radius 1 is 1.27 bits per heavy atom. The van der Waals surface area contributed by atoms with Crippen LogP contribution in [0.2, 0.25) is 0 Å². The Morgan fingerprint density at radius 3 is 2.27 bits per heavy atom. The number of halogens is 1. The Labute approximate surface area is 93.1 Å². The van der Waals surface area contributed by atoms with E-state index < -0.39 is 0 Å². The van der Waals surface area contributed by atoms with Crippen LogP contribution < -0.4 is 12.4 Å². The van der Waals surface area contributed by atoms with Gasteiger partial charge in [-0.15, -0.1) is 0 Å². The monoisotopic (exact) mass is 184 g/mol. The van der Waals surface area contributed by atoms with Crippen molar-refractivity contribution in [3.63, 3.8) is 0 Å². The largest absolute Gasteiger partial charge is 2.00 e. The van der Waals surface area contributed by atoms with Gasteiger partial charge in [-0.25, -0.2) is 0 Å². The second kappa shape index (κ2) is 9.15. The molecule has 0 aromatic carbocycles. The Bertz CT molecular complexity index is 67.2. The minimum absolute atomic E-state index is 0. The normalized spacial score (nSPS) is 18.3. The van der Waals surface area contributed by atoms with Gasteiger partial charge in [-0.3, -0.25) is 0 Å². The topological polar surface area (TPSA) is 0 Å². The van der Waals surface area contributed by atoms with E-state index >= 15 is 0 Å². The van der Waals surface area contributed by atoms with Crippen LogP contribution in [-0.4, -0.2) is 23.1 Å². The molecule has 0 nitrogen and oxygen atoms in total. The average Bonchev–Trinajstić information content (AvgIpc) is 1.91. The van der Waals surface area contributed by atoms with E-state index in [0.29, 0.717) is 0 Å². The van der Waals surface area contributed by atoms with Crippen LogP contribution in [0, 0.1) is 12.3 Å². The Hall–Kier alpha value is 1.06. The standard InChI is InChI=1S/C9H17.ClH.Mg/c1-2-6-9-7-4-3-5-8-9;;/h3,9H,2,4-8H2,1H3;1H;/q-1;;+2/p-1. The van der Waals surface area contributed by atoms with Gasteiger partial charge in [0.2, 0.25) is 0 Å². The van der Waals surface area contributed by atoms with Crippen molar-refractivity contribution in [2.45, 2.75) is 45.4 Å². The molecular weight excluding hydrogens is 168 g/mol. The van der Waals surface area contributed by atoms with Crippen molar-refractivity contribution in [2.75, 3.05) is 0 Å². The van der Waals surface area contributed by atoms with Crippen LogP contribution in [0.25, 0.3) is 0 Å². The summed E-state index contributed by atoms with van der Waals surface area (Å²) in [6.45, 7) is 2.29. The van der Waals surface area contributed by atoms with Gasteiger partial charge in [0, 0.05) is 0 Å². The van der Waals surface area contributed by atoms with Crippen molar-refractivity contribution < 1.29 is 12.4 Å². The third-order valence-corrected chi connectivity index (χ3v) is 2.26. The molecule has 0 aromatic heterocycles. The third-order valence-electron chi connectivity index (χ3n) is 2.26. The van der Waals surface area contributed by atoms with Gasteiger partial charge in [0.15, 0.2) is 0 Å². The fraction of sp³-hybridized carbons (Fsp3) is 0.889. The molecule has 1 rings (SSSR count). The second-order valence-electron chi connectivity index (χ2n) is 3.10. The van der Waals surface area contributed by atoms with Crippen LogP contribution >= 0.6 is 0 Å². The van der Waals surface area contributed by atoms with E-state index in [2.05, 4.69) is 13.3 Å². The molecule has 1 aliphatic rings. The summed E-state index contributed by atoms with van der Waals surface area (Å²) in [6, 6.07) is 0. The van der Waals surface area contributed by atoms with Crippen molar-refractivity contribution in [2.24, 2.45) is 5.92 Å². The minimum atomic E-state index is 0. The fourth-order valence-electron chi connectivity index (χ4n) is 1.69. The SMILES string of the molecule is CCCC1CC[CH-]CC1.[Cl-].[Mg+2]. The van der Waals surface area contributed by atoms with Crippen molar-refractivity contribution in [3.05, 3.63) is 6.42 Å². The van der Waals surface area contributed by atoms with Gasteiger partial charge >= 0.3 is 23.1 Å². The van der Waals surface area contributed by atoms with E-state index in [1.807, 2.05) is 0 Å². The maximum Gasteiger partial charge on any atom is 2.00 e. The molecule has 0 atom stereocenters. The second-order valence-corrected chi connectivity index (χ2v) is 3.10. The smallest absolute Gasteiger partial charge is 1.00 e. The van der Waals surface area contributed by atoms with Gasteiger partial charge in [0.05, 0.1) is 0 Å². The van der Waals surface area contributed by atoms with E-state index in [4.69, 9.17) is 0 Å². The van der Waals surface area contributed by atoms with Crippen LogP contribution in [0.5, 0.6) is 0 Å². The zero-order valence-electron chi connectivity index (χ0n) is 7.48. The summed E-state index contributed by atoms with van der Waals surface area (Å²) >= 11 is 0. The molecule has 1 fully saturated rings. The molecule has 0 radical (unpaired) electrons. The molecule has 0 heterocycles. The first-order chi connectivity index (χ1) is 4.43. The Morgan fingerprint density at radius 2 is 1.82 bits per heavy atom. The molecule has 0 bridgehead atoms. The van der Waals surface area contributed by atoms with Crippen molar-refractivity contribution in [1.29, 1.82) is 0 Å². The van der Waals surface area contributed by atoms with Crippen LogP contribution in [0.15, 0.2) is 0 Å². The van der Waals surface area contributed by atoms with E-state index in [1.165, 1.54) is 38.5 Å². The molecule has 2 heteroatoms. The van der Waals surface area contributed by atoms with Crippen molar-refractivity contribution >= 4 is 23.1 Å². The first kappa shape index (κ1) is 14.6. The zero-order valence-corrected chi connectivity index (χ0v) is 9.65. The van der Waals surface area contributed by atoms with E-state index in [1.54, 1.807) is 0 Å².